The van der Waals surface area contributed by atoms with E-state index in [1.54, 1.807) is 23.1 Å². The van der Waals surface area contributed by atoms with Crippen LogP contribution in [0.25, 0.3) is 11.4 Å². The predicted molar refractivity (Wildman–Crippen MR) is 116 cm³/mol. The summed E-state index contributed by atoms with van der Waals surface area (Å²) in [5.41, 5.74) is 3.19. The van der Waals surface area contributed by atoms with Crippen molar-refractivity contribution in [1.82, 2.24) is 14.8 Å². The molecule has 2 heterocycles. The molecule has 0 unspecified atom stereocenters. The summed E-state index contributed by atoms with van der Waals surface area (Å²) in [4.78, 5) is 13.0. The van der Waals surface area contributed by atoms with Gasteiger partial charge in [-0.15, -0.1) is 10.2 Å². The number of thioether (sulfide) groups is 1. The fraction of sp³-hybridized carbons (Fsp3) is 0.381. The van der Waals surface area contributed by atoms with E-state index < -0.39 is 4.75 Å². The van der Waals surface area contributed by atoms with Crippen molar-refractivity contribution in [3.8, 4) is 11.4 Å². The minimum Gasteiger partial charge on any atom is -0.325 e. The molecule has 146 valence electrons. The van der Waals surface area contributed by atoms with Crippen LogP contribution in [0.3, 0.4) is 0 Å². The minimum atomic E-state index is -0.442. The van der Waals surface area contributed by atoms with Crippen LogP contribution in [0.1, 0.15) is 45.1 Å². The number of thiophene rings is 1. The van der Waals surface area contributed by atoms with Crippen LogP contribution in [0.15, 0.2) is 46.2 Å². The number of aromatic nitrogens is 3. The van der Waals surface area contributed by atoms with Gasteiger partial charge in [-0.05, 0) is 54.8 Å². The molecule has 4 rings (SSSR count). The van der Waals surface area contributed by atoms with Gasteiger partial charge in [0.1, 0.15) is 4.75 Å². The molecule has 28 heavy (non-hydrogen) atoms. The maximum Gasteiger partial charge on any atom is 0.241 e. The summed E-state index contributed by atoms with van der Waals surface area (Å²) >= 11 is 3.19. The van der Waals surface area contributed by atoms with Crippen LogP contribution in [0.2, 0.25) is 0 Å². The molecule has 7 heteroatoms. The van der Waals surface area contributed by atoms with Gasteiger partial charge in [-0.2, -0.15) is 11.3 Å². The van der Waals surface area contributed by atoms with Crippen molar-refractivity contribution in [2.45, 2.75) is 56.0 Å². The van der Waals surface area contributed by atoms with Gasteiger partial charge >= 0.3 is 0 Å². The molecule has 0 radical (unpaired) electrons. The third kappa shape index (κ3) is 3.73. The molecule has 2 aromatic heterocycles. The summed E-state index contributed by atoms with van der Waals surface area (Å²) in [7, 11) is 0. The number of anilines is 1. The Morgan fingerprint density at radius 1 is 1.25 bits per heavy atom. The monoisotopic (exact) mass is 412 g/mol. The second-order valence-corrected chi connectivity index (χ2v) is 9.52. The smallest absolute Gasteiger partial charge is 0.241 e. The van der Waals surface area contributed by atoms with Crippen molar-refractivity contribution in [2.75, 3.05) is 5.32 Å². The third-order valence-electron chi connectivity index (χ3n) is 5.05. The zero-order chi connectivity index (χ0) is 19.7. The van der Waals surface area contributed by atoms with E-state index in [4.69, 9.17) is 0 Å². The third-order valence-corrected chi connectivity index (χ3v) is 7.20. The summed E-state index contributed by atoms with van der Waals surface area (Å²) in [5.74, 6) is 1.40. The average molecular weight is 413 g/mol. The molecule has 1 fully saturated rings. The predicted octanol–water partition coefficient (Wildman–Crippen LogP) is 5.41. The molecule has 3 aromatic rings. The highest BCUT2D eigenvalue weighted by atomic mass is 32.2. The number of rotatable bonds is 7. The van der Waals surface area contributed by atoms with Crippen LogP contribution in [0.4, 0.5) is 5.69 Å². The summed E-state index contributed by atoms with van der Waals surface area (Å²) < 4.78 is 1.65. The van der Waals surface area contributed by atoms with E-state index in [1.807, 2.05) is 17.5 Å². The summed E-state index contributed by atoms with van der Waals surface area (Å²) in [6.07, 6.45) is 1.72. The van der Waals surface area contributed by atoms with E-state index in [0.29, 0.717) is 5.92 Å². The van der Waals surface area contributed by atoms with E-state index in [2.05, 4.69) is 64.4 Å². The Morgan fingerprint density at radius 3 is 2.57 bits per heavy atom. The quantitative estimate of drug-likeness (QED) is 0.563. The Bertz CT molecular complexity index is 957. The van der Waals surface area contributed by atoms with Crippen molar-refractivity contribution in [3.63, 3.8) is 0 Å². The van der Waals surface area contributed by atoms with Crippen LogP contribution in [-0.4, -0.2) is 25.4 Å². The van der Waals surface area contributed by atoms with Crippen LogP contribution in [0.5, 0.6) is 0 Å². The van der Waals surface area contributed by atoms with Gasteiger partial charge in [0.15, 0.2) is 11.0 Å². The lowest BCUT2D eigenvalue weighted by Gasteiger charge is -2.16. The zero-order valence-electron chi connectivity index (χ0n) is 16.3. The second kappa shape index (κ2) is 7.72. The largest absolute Gasteiger partial charge is 0.325 e. The Labute approximate surface area is 173 Å². The standard InChI is InChI=1S/C21H24N4OS2/c1-4-25-18(16-9-12-27-13-16)23-24-20(25)28-21(10-11-21)19(26)22-17-7-5-15(6-8-17)14(2)3/h5-9,12-14H,4,10-11H2,1-3H3,(H,22,26). The first-order valence-corrected chi connectivity index (χ1v) is 11.3. The number of carbonyl (C=O) groups excluding carboxylic acids is 1. The molecule has 1 amide bonds. The average Bonchev–Trinajstić information content (AvgIpc) is 3.10. The molecule has 1 aromatic carbocycles. The van der Waals surface area contributed by atoms with Gasteiger partial charge in [0, 0.05) is 23.2 Å². The second-order valence-electron chi connectivity index (χ2n) is 7.39. The molecule has 0 spiro atoms. The Balaban J connectivity index is 1.49. The summed E-state index contributed by atoms with van der Waals surface area (Å²) in [6.45, 7) is 7.18. The maximum absolute atomic E-state index is 13.0. The molecule has 0 saturated heterocycles. The van der Waals surface area contributed by atoms with Crippen molar-refractivity contribution in [2.24, 2.45) is 0 Å². The van der Waals surface area contributed by atoms with E-state index in [0.717, 1.165) is 41.6 Å². The first kappa shape index (κ1) is 19.2. The number of carbonyl (C=O) groups is 1. The molecule has 1 aliphatic carbocycles. The van der Waals surface area contributed by atoms with Crippen molar-refractivity contribution >= 4 is 34.7 Å². The van der Waals surface area contributed by atoms with Crippen LogP contribution >= 0.6 is 23.1 Å². The lowest BCUT2D eigenvalue weighted by molar-refractivity contribution is -0.116. The van der Waals surface area contributed by atoms with Crippen LogP contribution in [0, 0.1) is 0 Å². The van der Waals surface area contributed by atoms with Crippen LogP contribution < -0.4 is 5.32 Å². The first-order valence-electron chi connectivity index (χ1n) is 9.58. The molecule has 0 bridgehead atoms. The highest BCUT2D eigenvalue weighted by molar-refractivity contribution is 8.01. The molecular formula is C21H24N4OS2. The number of nitrogens with one attached hydrogen (secondary N) is 1. The van der Waals surface area contributed by atoms with Crippen molar-refractivity contribution < 1.29 is 4.79 Å². The van der Waals surface area contributed by atoms with E-state index in [9.17, 15) is 4.79 Å². The van der Waals surface area contributed by atoms with Gasteiger partial charge in [-0.25, -0.2) is 0 Å². The fourth-order valence-electron chi connectivity index (χ4n) is 3.11. The molecule has 1 saturated carbocycles. The van der Waals surface area contributed by atoms with Gasteiger partial charge in [0.2, 0.25) is 5.91 Å². The highest BCUT2D eigenvalue weighted by Crippen LogP contribution is 2.52. The molecule has 0 aliphatic heterocycles. The minimum absolute atomic E-state index is 0.0533. The summed E-state index contributed by atoms with van der Waals surface area (Å²) in [6, 6.07) is 10.2. The van der Waals surface area contributed by atoms with Gasteiger partial charge in [0.25, 0.3) is 0 Å². The number of amides is 1. The molecular weight excluding hydrogens is 388 g/mol. The molecule has 1 N–H and O–H groups in total. The normalized spacial score (nSPS) is 15.0. The molecule has 5 nitrogen and oxygen atoms in total. The number of hydrogen-bond donors (Lipinski definition) is 1. The Hall–Kier alpha value is -2.12. The molecule has 1 aliphatic rings. The van der Waals surface area contributed by atoms with Gasteiger partial charge in [-0.1, -0.05) is 37.7 Å². The SMILES string of the molecule is CCn1c(SC2(C(=O)Nc3ccc(C(C)C)cc3)CC2)nnc1-c1ccsc1. The Morgan fingerprint density at radius 2 is 2.00 bits per heavy atom. The zero-order valence-corrected chi connectivity index (χ0v) is 17.9. The van der Waals surface area contributed by atoms with Crippen molar-refractivity contribution in [3.05, 3.63) is 46.7 Å². The fourth-order valence-corrected chi connectivity index (χ4v) is 4.96. The van der Waals surface area contributed by atoms with Gasteiger partial charge in [-0.3, -0.25) is 4.79 Å². The van der Waals surface area contributed by atoms with Gasteiger partial charge < -0.3 is 9.88 Å². The molecule has 0 atom stereocenters. The van der Waals surface area contributed by atoms with E-state index in [1.165, 1.54) is 5.56 Å². The Kier molecular flexibility index (Phi) is 5.29. The number of nitrogens with zero attached hydrogens (tertiary/aromatic N) is 3. The van der Waals surface area contributed by atoms with Crippen molar-refractivity contribution in [1.29, 1.82) is 0 Å². The van der Waals surface area contributed by atoms with E-state index in [-0.39, 0.29) is 5.91 Å². The van der Waals surface area contributed by atoms with Gasteiger partial charge in [0.05, 0.1) is 0 Å². The summed E-state index contributed by atoms with van der Waals surface area (Å²) in [5, 5.41) is 16.8. The number of hydrogen-bond acceptors (Lipinski definition) is 5. The highest BCUT2D eigenvalue weighted by Gasteiger charge is 2.52. The topological polar surface area (TPSA) is 59.8 Å². The van der Waals surface area contributed by atoms with Crippen LogP contribution in [-0.2, 0) is 11.3 Å². The van der Waals surface area contributed by atoms with E-state index >= 15 is 0 Å². The maximum atomic E-state index is 13.0. The lowest BCUT2D eigenvalue weighted by atomic mass is 10.0. The lowest BCUT2D eigenvalue weighted by Crippen LogP contribution is -2.27. The first-order chi connectivity index (χ1) is 13.5. The number of benzene rings is 1.